The van der Waals surface area contributed by atoms with E-state index >= 15 is 0 Å². The highest BCUT2D eigenvalue weighted by molar-refractivity contribution is 7.09. The predicted molar refractivity (Wildman–Crippen MR) is 94.7 cm³/mol. The van der Waals surface area contributed by atoms with Gasteiger partial charge in [-0.25, -0.2) is 0 Å². The number of nitrogens with zero attached hydrogens (tertiary/aromatic N) is 1. The first-order chi connectivity index (χ1) is 9.99. The molecule has 21 heavy (non-hydrogen) atoms. The van der Waals surface area contributed by atoms with Crippen LogP contribution in [0.3, 0.4) is 0 Å². The molecule has 0 aliphatic carbocycles. The minimum atomic E-state index is 0.102. The molecule has 1 aromatic carbocycles. The third-order valence-corrected chi connectivity index (χ3v) is 4.99. The van der Waals surface area contributed by atoms with Gasteiger partial charge in [-0.2, -0.15) is 0 Å². The van der Waals surface area contributed by atoms with Gasteiger partial charge in [-0.1, -0.05) is 23.7 Å². The van der Waals surface area contributed by atoms with Gasteiger partial charge >= 0.3 is 0 Å². The standard InChI is InChI=1S/C17H23ClN2S/c1-12(19)10-15-16(18)7-4-8-17(15)20(3)13(2)11-14-6-5-9-21-14/h4-9,12-13H,10-11,19H2,1-3H3. The van der Waals surface area contributed by atoms with Crippen molar-refractivity contribution < 1.29 is 0 Å². The molecule has 0 saturated heterocycles. The van der Waals surface area contributed by atoms with E-state index in [2.05, 4.69) is 42.5 Å². The van der Waals surface area contributed by atoms with Gasteiger partial charge in [-0.15, -0.1) is 11.3 Å². The molecule has 2 unspecified atom stereocenters. The molecule has 2 N–H and O–H groups in total. The van der Waals surface area contributed by atoms with Crippen LogP contribution in [0.25, 0.3) is 0 Å². The highest BCUT2D eigenvalue weighted by atomic mass is 35.5. The Morgan fingerprint density at radius 2 is 1.95 bits per heavy atom. The van der Waals surface area contributed by atoms with Crippen LogP contribution in [0.5, 0.6) is 0 Å². The molecule has 0 spiro atoms. The zero-order valence-electron chi connectivity index (χ0n) is 12.8. The summed E-state index contributed by atoms with van der Waals surface area (Å²) in [7, 11) is 2.13. The van der Waals surface area contributed by atoms with Gasteiger partial charge in [0, 0.05) is 41.1 Å². The quantitative estimate of drug-likeness (QED) is 0.856. The van der Waals surface area contributed by atoms with Gasteiger partial charge in [0.2, 0.25) is 0 Å². The van der Waals surface area contributed by atoms with Crippen molar-refractivity contribution in [2.24, 2.45) is 5.73 Å². The van der Waals surface area contributed by atoms with Crippen molar-refractivity contribution in [3.8, 4) is 0 Å². The van der Waals surface area contributed by atoms with E-state index in [1.54, 1.807) is 0 Å². The summed E-state index contributed by atoms with van der Waals surface area (Å²) in [6, 6.07) is 10.9. The second-order valence-electron chi connectivity index (χ2n) is 5.66. The van der Waals surface area contributed by atoms with Gasteiger partial charge in [0.05, 0.1) is 0 Å². The maximum absolute atomic E-state index is 6.38. The topological polar surface area (TPSA) is 29.3 Å². The molecular formula is C17H23ClN2S. The lowest BCUT2D eigenvalue weighted by molar-refractivity contribution is 0.677. The van der Waals surface area contributed by atoms with Crippen molar-refractivity contribution in [1.29, 1.82) is 0 Å². The fourth-order valence-electron chi connectivity index (χ4n) is 2.50. The molecule has 1 aromatic heterocycles. The third kappa shape index (κ3) is 4.22. The molecule has 0 bridgehead atoms. The number of likely N-dealkylation sites (N-methyl/N-ethyl adjacent to an activating group) is 1. The van der Waals surface area contributed by atoms with Crippen LogP contribution in [0, 0.1) is 0 Å². The maximum Gasteiger partial charge on any atom is 0.0459 e. The van der Waals surface area contributed by atoms with Crippen molar-refractivity contribution in [3.05, 3.63) is 51.2 Å². The normalized spacial score (nSPS) is 14.0. The number of hydrogen-bond donors (Lipinski definition) is 1. The number of nitrogens with two attached hydrogens (primary N) is 1. The van der Waals surface area contributed by atoms with Gasteiger partial charge in [-0.3, -0.25) is 0 Å². The largest absolute Gasteiger partial charge is 0.371 e. The molecule has 0 amide bonds. The predicted octanol–water partition coefficient (Wildman–Crippen LogP) is 4.36. The molecule has 2 atom stereocenters. The lowest BCUT2D eigenvalue weighted by atomic mass is 10.0. The van der Waals surface area contributed by atoms with Crippen molar-refractivity contribution in [2.75, 3.05) is 11.9 Å². The zero-order chi connectivity index (χ0) is 15.4. The van der Waals surface area contributed by atoms with E-state index < -0.39 is 0 Å². The molecule has 2 nitrogen and oxygen atoms in total. The Bertz CT molecular complexity index is 566. The molecule has 0 fully saturated rings. The van der Waals surface area contributed by atoms with E-state index in [1.165, 1.54) is 10.6 Å². The number of anilines is 1. The zero-order valence-corrected chi connectivity index (χ0v) is 14.4. The van der Waals surface area contributed by atoms with E-state index in [4.69, 9.17) is 17.3 Å². The van der Waals surface area contributed by atoms with E-state index in [-0.39, 0.29) is 6.04 Å². The summed E-state index contributed by atoms with van der Waals surface area (Å²) >= 11 is 8.19. The summed E-state index contributed by atoms with van der Waals surface area (Å²) in [5, 5.41) is 2.93. The monoisotopic (exact) mass is 322 g/mol. The summed E-state index contributed by atoms with van der Waals surface area (Å²) in [6.45, 7) is 4.26. The fourth-order valence-corrected chi connectivity index (χ4v) is 3.57. The average molecular weight is 323 g/mol. The van der Waals surface area contributed by atoms with Gasteiger partial charge in [0.25, 0.3) is 0 Å². The summed E-state index contributed by atoms with van der Waals surface area (Å²) in [6.07, 6.45) is 1.84. The molecule has 0 radical (unpaired) electrons. The Kier molecular flexibility index (Phi) is 5.68. The number of rotatable bonds is 6. The first kappa shape index (κ1) is 16.3. The molecule has 2 rings (SSSR count). The fraction of sp³-hybridized carbons (Fsp3) is 0.412. The van der Waals surface area contributed by atoms with Crippen molar-refractivity contribution in [1.82, 2.24) is 0 Å². The maximum atomic E-state index is 6.38. The van der Waals surface area contributed by atoms with Crippen molar-refractivity contribution in [3.63, 3.8) is 0 Å². The van der Waals surface area contributed by atoms with E-state index in [0.717, 1.165) is 23.4 Å². The first-order valence-corrected chi connectivity index (χ1v) is 8.53. The van der Waals surface area contributed by atoms with Crippen LogP contribution in [-0.2, 0) is 12.8 Å². The Morgan fingerprint density at radius 1 is 1.19 bits per heavy atom. The Hall–Kier alpha value is -1.03. The van der Waals surface area contributed by atoms with Crippen LogP contribution >= 0.6 is 22.9 Å². The van der Waals surface area contributed by atoms with Crippen LogP contribution in [-0.4, -0.2) is 19.1 Å². The number of benzene rings is 1. The summed E-state index contributed by atoms with van der Waals surface area (Å²) in [4.78, 5) is 3.72. The first-order valence-electron chi connectivity index (χ1n) is 7.27. The molecule has 0 aliphatic rings. The number of thiophene rings is 1. The summed E-state index contributed by atoms with van der Waals surface area (Å²) in [5.41, 5.74) is 8.30. The Balaban J connectivity index is 2.21. The average Bonchev–Trinajstić information content (AvgIpc) is 2.92. The second kappa shape index (κ2) is 7.30. The van der Waals surface area contributed by atoms with Crippen molar-refractivity contribution >= 4 is 28.6 Å². The van der Waals surface area contributed by atoms with Gasteiger partial charge in [-0.05, 0) is 49.4 Å². The van der Waals surface area contributed by atoms with E-state index in [9.17, 15) is 0 Å². The van der Waals surface area contributed by atoms with E-state index in [0.29, 0.717) is 6.04 Å². The Morgan fingerprint density at radius 3 is 2.57 bits per heavy atom. The van der Waals surface area contributed by atoms with Crippen LogP contribution < -0.4 is 10.6 Å². The molecular weight excluding hydrogens is 300 g/mol. The molecule has 4 heteroatoms. The smallest absolute Gasteiger partial charge is 0.0459 e. The molecule has 1 heterocycles. The second-order valence-corrected chi connectivity index (χ2v) is 7.10. The molecule has 2 aromatic rings. The van der Waals surface area contributed by atoms with E-state index in [1.807, 2.05) is 30.4 Å². The lowest BCUT2D eigenvalue weighted by Gasteiger charge is -2.29. The lowest BCUT2D eigenvalue weighted by Crippen LogP contribution is -2.32. The molecule has 114 valence electrons. The highest BCUT2D eigenvalue weighted by Gasteiger charge is 2.17. The van der Waals surface area contributed by atoms with Crippen molar-refractivity contribution in [2.45, 2.75) is 38.8 Å². The van der Waals surface area contributed by atoms with Gasteiger partial charge in [0.1, 0.15) is 0 Å². The minimum absolute atomic E-state index is 0.102. The number of halogens is 1. The van der Waals surface area contributed by atoms with Crippen LogP contribution in [0.2, 0.25) is 5.02 Å². The van der Waals surface area contributed by atoms with Crippen LogP contribution in [0.15, 0.2) is 35.7 Å². The summed E-state index contributed by atoms with van der Waals surface area (Å²) in [5.74, 6) is 0. The van der Waals surface area contributed by atoms with Crippen LogP contribution in [0.4, 0.5) is 5.69 Å². The van der Waals surface area contributed by atoms with Gasteiger partial charge < -0.3 is 10.6 Å². The minimum Gasteiger partial charge on any atom is -0.371 e. The number of hydrogen-bond acceptors (Lipinski definition) is 3. The highest BCUT2D eigenvalue weighted by Crippen LogP contribution is 2.30. The summed E-state index contributed by atoms with van der Waals surface area (Å²) < 4.78 is 0. The van der Waals surface area contributed by atoms with Gasteiger partial charge in [0.15, 0.2) is 0 Å². The molecule has 0 aliphatic heterocycles. The third-order valence-electron chi connectivity index (χ3n) is 3.74. The Labute approximate surface area is 136 Å². The van der Waals surface area contributed by atoms with Crippen LogP contribution in [0.1, 0.15) is 24.3 Å². The SMILES string of the molecule is CC(N)Cc1c(Cl)cccc1N(C)C(C)Cc1cccs1. The molecule has 0 saturated carbocycles.